The first-order valence-electron chi connectivity index (χ1n) is 10.5. The fourth-order valence-corrected chi connectivity index (χ4v) is 4.61. The minimum Gasteiger partial charge on any atom is -0.497 e. The minimum atomic E-state index is -3.99. The molecule has 174 valence electrons. The number of fused-ring (bicyclic) bond motifs is 1. The molecule has 1 aromatic heterocycles. The summed E-state index contributed by atoms with van der Waals surface area (Å²) in [5.74, 6) is -0.0576. The summed E-state index contributed by atoms with van der Waals surface area (Å²) < 4.78 is 33.5. The van der Waals surface area contributed by atoms with Crippen molar-refractivity contribution < 1.29 is 17.9 Å². The summed E-state index contributed by atoms with van der Waals surface area (Å²) in [6.45, 7) is 1.82. The lowest BCUT2D eigenvalue weighted by Crippen LogP contribution is -2.31. The van der Waals surface area contributed by atoms with Crippen LogP contribution in [0.3, 0.4) is 0 Å². The molecule has 4 rings (SSSR count). The Bertz CT molecular complexity index is 1510. The zero-order valence-electron chi connectivity index (χ0n) is 18.5. The molecular weight excluding hydrogens is 454 g/mol. The highest BCUT2D eigenvalue weighted by Crippen LogP contribution is 2.22. The molecule has 0 radical (unpaired) electrons. The van der Waals surface area contributed by atoms with E-state index < -0.39 is 21.4 Å². The van der Waals surface area contributed by atoms with Gasteiger partial charge in [-0.2, -0.15) is 0 Å². The van der Waals surface area contributed by atoms with Crippen molar-refractivity contribution in [1.82, 2.24) is 10.3 Å². The van der Waals surface area contributed by atoms with E-state index in [0.717, 1.165) is 5.56 Å². The van der Waals surface area contributed by atoms with Gasteiger partial charge in [-0.25, -0.2) is 8.42 Å². The minimum absolute atomic E-state index is 0.0912. The number of nitrogens with one attached hydrogen (secondary N) is 3. The molecule has 0 saturated carbocycles. The predicted octanol–water partition coefficient (Wildman–Crippen LogP) is 3.83. The van der Waals surface area contributed by atoms with Crippen molar-refractivity contribution in [2.45, 2.75) is 17.9 Å². The van der Waals surface area contributed by atoms with Gasteiger partial charge in [-0.3, -0.25) is 14.3 Å². The zero-order chi connectivity index (χ0) is 24.3. The Labute approximate surface area is 196 Å². The number of hydrogen-bond donors (Lipinski definition) is 3. The van der Waals surface area contributed by atoms with Crippen LogP contribution in [0.15, 0.2) is 88.7 Å². The number of rotatable bonds is 7. The molecule has 34 heavy (non-hydrogen) atoms. The number of H-pyrrole nitrogens is 1. The van der Waals surface area contributed by atoms with Gasteiger partial charge in [-0.1, -0.05) is 36.4 Å². The average molecular weight is 478 g/mol. The topological polar surface area (TPSA) is 117 Å². The summed E-state index contributed by atoms with van der Waals surface area (Å²) in [7, 11) is -2.51. The Morgan fingerprint density at radius 3 is 2.50 bits per heavy atom. The maximum atomic E-state index is 13.1. The highest BCUT2D eigenvalue weighted by Gasteiger charge is 2.19. The van der Waals surface area contributed by atoms with Gasteiger partial charge in [-0.15, -0.1) is 0 Å². The molecule has 0 fully saturated rings. The van der Waals surface area contributed by atoms with Gasteiger partial charge < -0.3 is 15.0 Å². The Balaban J connectivity index is 1.65. The Kier molecular flexibility index (Phi) is 6.38. The van der Waals surface area contributed by atoms with Crippen LogP contribution in [-0.2, 0) is 10.0 Å². The first-order valence-corrected chi connectivity index (χ1v) is 11.9. The number of carbonyl (C=O) groups is 1. The number of hydrogen-bond acceptors (Lipinski definition) is 5. The van der Waals surface area contributed by atoms with Crippen LogP contribution in [-0.4, -0.2) is 26.4 Å². The Morgan fingerprint density at radius 1 is 1.00 bits per heavy atom. The lowest BCUT2D eigenvalue weighted by atomic mass is 10.1. The van der Waals surface area contributed by atoms with Crippen LogP contribution in [0.2, 0.25) is 0 Å². The van der Waals surface area contributed by atoms with E-state index in [1.165, 1.54) is 31.5 Å². The number of benzene rings is 3. The summed E-state index contributed by atoms with van der Waals surface area (Å²) in [5.41, 5.74) is 0.954. The maximum Gasteiger partial charge on any atom is 0.261 e. The van der Waals surface area contributed by atoms with Crippen LogP contribution in [0.1, 0.15) is 28.9 Å². The van der Waals surface area contributed by atoms with Gasteiger partial charge in [0.05, 0.1) is 23.7 Å². The lowest BCUT2D eigenvalue weighted by molar-refractivity contribution is 0.0938. The molecule has 0 spiro atoms. The molecule has 9 heteroatoms. The summed E-state index contributed by atoms with van der Waals surface area (Å²) in [5, 5.41) is 2.90. The van der Waals surface area contributed by atoms with E-state index in [2.05, 4.69) is 15.0 Å². The van der Waals surface area contributed by atoms with E-state index in [0.29, 0.717) is 17.0 Å². The largest absolute Gasteiger partial charge is 0.497 e. The van der Waals surface area contributed by atoms with Crippen LogP contribution in [0.25, 0.3) is 10.9 Å². The maximum absolute atomic E-state index is 13.1. The monoisotopic (exact) mass is 477 g/mol. The number of carbonyl (C=O) groups excluding carboxylic acids is 1. The Hall–Kier alpha value is -4.11. The second-order valence-electron chi connectivity index (χ2n) is 7.68. The highest BCUT2D eigenvalue weighted by molar-refractivity contribution is 7.92. The quantitative estimate of drug-likeness (QED) is 0.374. The SMILES string of the molecule is COc1cccc(NS(=O)(=O)c2ccc3[nH]cc(C(=O)N[C@@H](C)c4ccccc4)c(=O)c3c2)c1. The standard InChI is InChI=1S/C25H23N3O5S/c1-16(17-7-4-3-5-8-17)27-25(30)22-15-26-23-12-11-20(14-21(23)24(22)29)34(31,32)28-18-9-6-10-19(13-18)33-2/h3-16,28H,1-2H3,(H,26,29)(H,27,30)/t16-/m0/s1. The number of aromatic nitrogens is 1. The van der Waals surface area contributed by atoms with Crippen molar-refractivity contribution in [1.29, 1.82) is 0 Å². The van der Waals surface area contributed by atoms with Gasteiger partial charge >= 0.3 is 0 Å². The van der Waals surface area contributed by atoms with Crippen LogP contribution >= 0.6 is 0 Å². The molecule has 3 N–H and O–H groups in total. The van der Waals surface area contributed by atoms with Gasteiger partial charge in [0.2, 0.25) is 5.43 Å². The zero-order valence-corrected chi connectivity index (χ0v) is 19.3. The second kappa shape index (κ2) is 9.40. The van der Waals surface area contributed by atoms with E-state index in [1.54, 1.807) is 24.3 Å². The van der Waals surface area contributed by atoms with Crippen molar-refractivity contribution in [3.05, 3.63) is 100 Å². The van der Waals surface area contributed by atoms with Crippen molar-refractivity contribution in [2.24, 2.45) is 0 Å². The van der Waals surface area contributed by atoms with Gasteiger partial charge in [0.25, 0.3) is 15.9 Å². The van der Waals surface area contributed by atoms with Crippen LogP contribution in [0, 0.1) is 0 Å². The van der Waals surface area contributed by atoms with Crippen molar-refractivity contribution in [3.63, 3.8) is 0 Å². The fourth-order valence-electron chi connectivity index (χ4n) is 3.53. The van der Waals surface area contributed by atoms with Gasteiger partial charge in [-0.05, 0) is 42.8 Å². The van der Waals surface area contributed by atoms with Crippen LogP contribution in [0.5, 0.6) is 5.75 Å². The number of anilines is 1. The highest BCUT2D eigenvalue weighted by atomic mass is 32.2. The lowest BCUT2D eigenvalue weighted by Gasteiger charge is -2.14. The van der Waals surface area contributed by atoms with Gasteiger partial charge in [0, 0.05) is 23.2 Å². The van der Waals surface area contributed by atoms with E-state index in [1.807, 2.05) is 37.3 Å². The van der Waals surface area contributed by atoms with E-state index in [-0.39, 0.29) is 21.9 Å². The molecule has 3 aromatic carbocycles. The molecule has 0 saturated heterocycles. The fraction of sp³-hybridized carbons (Fsp3) is 0.120. The molecule has 1 atom stereocenters. The van der Waals surface area contributed by atoms with Gasteiger partial charge in [0.1, 0.15) is 11.3 Å². The normalized spacial score (nSPS) is 12.2. The molecular formula is C25H23N3O5S. The third-order valence-electron chi connectivity index (χ3n) is 5.38. The third kappa shape index (κ3) is 4.79. The molecule has 4 aromatic rings. The number of methoxy groups -OCH3 is 1. The third-order valence-corrected chi connectivity index (χ3v) is 6.76. The van der Waals surface area contributed by atoms with Crippen molar-refractivity contribution >= 4 is 32.5 Å². The predicted molar refractivity (Wildman–Crippen MR) is 131 cm³/mol. The van der Waals surface area contributed by atoms with Gasteiger partial charge in [0.15, 0.2) is 0 Å². The number of aromatic amines is 1. The molecule has 1 amide bonds. The first kappa shape index (κ1) is 23.1. The molecule has 8 nitrogen and oxygen atoms in total. The second-order valence-corrected chi connectivity index (χ2v) is 9.36. The number of pyridine rings is 1. The van der Waals surface area contributed by atoms with Crippen LogP contribution < -0.4 is 20.2 Å². The summed E-state index contributed by atoms with van der Waals surface area (Å²) in [6.07, 6.45) is 1.33. The molecule has 0 aliphatic heterocycles. The molecule has 1 heterocycles. The summed E-state index contributed by atoms with van der Waals surface area (Å²) in [4.78, 5) is 28.7. The summed E-state index contributed by atoms with van der Waals surface area (Å²) in [6, 6.07) is 19.7. The van der Waals surface area contributed by atoms with Crippen LogP contribution in [0.4, 0.5) is 5.69 Å². The van der Waals surface area contributed by atoms with E-state index >= 15 is 0 Å². The van der Waals surface area contributed by atoms with Crippen molar-refractivity contribution in [2.75, 3.05) is 11.8 Å². The number of sulfonamides is 1. The number of amides is 1. The Morgan fingerprint density at radius 2 is 1.76 bits per heavy atom. The summed E-state index contributed by atoms with van der Waals surface area (Å²) >= 11 is 0. The molecule has 0 aliphatic carbocycles. The number of ether oxygens (including phenoxy) is 1. The van der Waals surface area contributed by atoms with E-state index in [9.17, 15) is 18.0 Å². The molecule has 0 unspecified atom stereocenters. The average Bonchev–Trinajstić information content (AvgIpc) is 2.84. The molecule has 0 bridgehead atoms. The first-order chi connectivity index (χ1) is 16.3. The van der Waals surface area contributed by atoms with E-state index in [4.69, 9.17) is 4.74 Å². The smallest absolute Gasteiger partial charge is 0.261 e. The molecule has 0 aliphatic rings. The van der Waals surface area contributed by atoms with Crippen molar-refractivity contribution in [3.8, 4) is 5.75 Å².